The molecule has 6 aromatic rings. The van der Waals surface area contributed by atoms with Crippen LogP contribution in [0.15, 0.2) is 54.6 Å². The third kappa shape index (κ3) is 6.26. The summed E-state index contributed by atoms with van der Waals surface area (Å²) in [7, 11) is 0. The normalized spacial score (nSPS) is 14.3. The number of aryl methyl sites for hydroxylation is 1. The minimum Gasteiger partial charge on any atom is -0.368 e. The van der Waals surface area contributed by atoms with Crippen molar-refractivity contribution in [1.82, 2.24) is 19.8 Å². The smallest absolute Gasteiger partial charge is 0.261 e. The first-order valence-corrected chi connectivity index (χ1v) is 20.4. The van der Waals surface area contributed by atoms with E-state index in [-0.39, 0.29) is 48.0 Å². The zero-order chi connectivity index (χ0) is 38.4. The van der Waals surface area contributed by atoms with Gasteiger partial charge in [-0.3, -0.25) is 29.0 Å². The van der Waals surface area contributed by atoms with E-state index in [4.69, 9.17) is 11.6 Å². The summed E-state index contributed by atoms with van der Waals surface area (Å²) in [6.07, 6.45) is 11.1. The van der Waals surface area contributed by atoms with Gasteiger partial charge in [0.05, 0.1) is 0 Å². The summed E-state index contributed by atoms with van der Waals surface area (Å²) < 4.78 is 0. The number of nitrogens with one attached hydrogen (secondary N) is 1. The predicted octanol–water partition coefficient (Wildman–Crippen LogP) is 10.4. The number of aromatic nitrogens is 2. The molecule has 2 aliphatic rings. The lowest BCUT2D eigenvalue weighted by molar-refractivity contribution is 0.0514. The number of unbranched alkanes of at least 4 members (excludes halogenated alkanes) is 6. The lowest BCUT2D eigenvalue weighted by atomic mass is 9.82. The van der Waals surface area contributed by atoms with Gasteiger partial charge >= 0.3 is 0 Å². The Hall–Kier alpha value is -5.15. The highest BCUT2D eigenvalue weighted by atomic mass is 35.5. The van der Waals surface area contributed by atoms with Crippen LogP contribution in [0.25, 0.3) is 43.1 Å². The molecule has 1 N–H and O–H groups in total. The number of carbonyl (C=O) groups excluding carboxylic acids is 4. The second-order valence-electron chi connectivity index (χ2n) is 15.0. The van der Waals surface area contributed by atoms with Gasteiger partial charge in [-0.25, -0.2) is 9.97 Å². The number of imide groups is 2. The summed E-state index contributed by atoms with van der Waals surface area (Å²) in [5, 5.41) is 9.88. The SMILES string of the molecule is CCCCCCC(CCCCCC)N1C(=O)c2ccc3c4ccc5c6c(ccc(c7ccc(c2c37)C1=O)c64)C(=O)N(CCNc1cc(CC)nc(Cl)n1)C5=O. The minimum atomic E-state index is -0.357. The fourth-order valence-electron chi connectivity index (χ4n) is 8.92. The molecule has 0 radical (unpaired) electrons. The van der Waals surface area contributed by atoms with Crippen LogP contribution in [0.4, 0.5) is 5.82 Å². The Bertz CT molecular complexity index is 2380. The van der Waals surface area contributed by atoms with Gasteiger partial charge in [0.25, 0.3) is 23.6 Å². The second-order valence-corrected chi connectivity index (χ2v) is 15.4. The van der Waals surface area contributed by atoms with Crippen molar-refractivity contribution in [2.75, 3.05) is 18.4 Å². The number of amides is 4. The first kappa shape index (κ1) is 36.8. The van der Waals surface area contributed by atoms with E-state index in [1.807, 2.05) is 43.3 Å². The van der Waals surface area contributed by atoms with Crippen molar-refractivity contribution in [2.24, 2.45) is 0 Å². The molecule has 8 rings (SSSR count). The molecule has 10 heteroatoms. The van der Waals surface area contributed by atoms with Crippen molar-refractivity contribution in [1.29, 1.82) is 0 Å². The van der Waals surface area contributed by atoms with Gasteiger partial charge < -0.3 is 5.32 Å². The van der Waals surface area contributed by atoms with E-state index < -0.39 is 0 Å². The third-order valence-corrected chi connectivity index (χ3v) is 11.8. The van der Waals surface area contributed by atoms with Gasteiger partial charge in [-0.05, 0) is 87.4 Å². The zero-order valence-electron chi connectivity index (χ0n) is 31.8. The molecule has 4 amide bonds. The highest BCUT2D eigenvalue weighted by molar-refractivity contribution is 6.41. The summed E-state index contributed by atoms with van der Waals surface area (Å²) in [6.45, 7) is 6.78. The van der Waals surface area contributed by atoms with Gasteiger partial charge in [0.1, 0.15) is 5.82 Å². The minimum absolute atomic E-state index is 0.133. The lowest BCUT2D eigenvalue weighted by Crippen LogP contribution is -2.47. The Morgan fingerprint density at radius 1 is 0.600 bits per heavy atom. The number of halogens is 1. The van der Waals surface area contributed by atoms with Crippen LogP contribution in [0.5, 0.6) is 0 Å². The Morgan fingerprint density at radius 3 is 1.53 bits per heavy atom. The summed E-state index contributed by atoms with van der Waals surface area (Å²) in [5.74, 6) is -0.610. The van der Waals surface area contributed by atoms with E-state index in [1.54, 1.807) is 23.1 Å². The highest BCUT2D eigenvalue weighted by Gasteiger charge is 2.39. The molecule has 0 aliphatic carbocycles. The number of hydrogen-bond acceptors (Lipinski definition) is 7. The molecular weight excluding hydrogens is 710 g/mol. The maximum absolute atomic E-state index is 14.4. The molecule has 0 atom stereocenters. The topological polar surface area (TPSA) is 113 Å². The van der Waals surface area contributed by atoms with Crippen LogP contribution < -0.4 is 5.32 Å². The predicted molar refractivity (Wildman–Crippen MR) is 220 cm³/mol. The van der Waals surface area contributed by atoms with E-state index in [1.165, 1.54) is 4.90 Å². The van der Waals surface area contributed by atoms with Crippen LogP contribution in [-0.2, 0) is 6.42 Å². The molecule has 0 unspecified atom stereocenters. The number of nitrogens with zero attached hydrogens (tertiary/aromatic N) is 4. The largest absolute Gasteiger partial charge is 0.368 e. The van der Waals surface area contributed by atoms with Crippen molar-refractivity contribution >= 4 is 84.1 Å². The van der Waals surface area contributed by atoms with Gasteiger partial charge in [-0.15, -0.1) is 0 Å². The molecule has 0 saturated carbocycles. The first-order chi connectivity index (χ1) is 26.8. The van der Waals surface area contributed by atoms with Crippen LogP contribution in [0.1, 0.15) is 132 Å². The first-order valence-electron chi connectivity index (χ1n) is 20.0. The molecule has 0 fully saturated rings. The molecule has 55 heavy (non-hydrogen) atoms. The fraction of sp³-hybridized carbons (Fsp3) is 0.378. The van der Waals surface area contributed by atoms with Crippen molar-refractivity contribution in [3.05, 3.63) is 87.8 Å². The number of rotatable bonds is 16. The van der Waals surface area contributed by atoms with E-state index in [9.17, 15) is 19.2 Å². The second kappa shape index (κ2) is 15.2. The van der Waals surface area contributed by atoms with Crippen LogP contribution >= 0.6 is 11.6 Å². The van der Waals surface area contributed by atoms with E-state index >= 15 is 0 Å². The molecule has 0 saturated heterocycles. The van der Waals surface area contributed by atoms with Gasteiger partial charge in [0.15, 0.2) is 0 Å². The molecule has 5 aromatic carbocycles. The number of hydrogen-bond donors (Lipinski definition) is 1. The average molecular weight is 756 g/mol. The van der Waals surface area contributed by atoms with Crippen molar-refractivity contribution in [3.63, 3.8) is 0 Å². The average Bonchev–Trinajstić information content (AvgIpc) is 3.19. The number of benzene rings is 5. The Labute approximate surface area is 325 Å². The molecule has 3 heterocycles. The van der Waals surface area contributed by atoms with Gasteiger partial charge in [0, 0.05) is 63.9 Å². The maximum atomic E-state index is 14.4. The standard InChI is InChI=1S/C45H46ClN5O4/c1-4-7-9-11-13-27(14-12-10-8-5-2)51-43(54)34-21-17-30-28-15-19-32-39-33(20-16-29(37(28)39)31-18-22-35(44(51)55)40(34)38(30)31)42(53)50(41(32)52)24-23-47-36-25-26(6-3)48-45(46)49-36/h15-22,25,27H,4-14,23-24H2,1-3H3,(H,47,48,49). The van der Waals surface area contributed by atoms with Crippen molar-refractivity contribution in [2.45, 2.75) is 97.4 Å². The molecule has 282 valence electrons. The monoisotopic (exact) mass is 755 g/mol. The van der Waals surface area contributed by atoms with Crippen LogP contribution in [0, 0.1) is 0 Å². The molecule has 9 nitrogen and oxygen atoms in total. The summed E-state index contributed by atoms with van der Waals surface area (Å²) >= 11 is 6.09. The molecule has 0 spiro atoms. The van der Waals surface area contributed by atoms with Gasteiger partial charge in [-0.1, -0.05) is 96.4 Å². The molecule has 2 aliphatic heterocycles. The summed E-state index contributed by atoms with van der Waals surface area (Å²) in [5.41, 5.74) is 2.83. The summed E-state index contributed by atoms with van der Waals surface area (Å²) in [6, 6.07) is 16.9. The quantitative estimate of drug-likeness (QED) is 0.0344. The maximum Gasteiger partial charge on any atom is 0.261 e. The van der Waals surface area contributed by atoms with Gasteiger partial charge in [-0.2, -0.15) is 0 Å². The number of anilines is 1. The Morgan fingerprint density at radius 2 is 1.07 bits per heavy atom. The summed E-state index contributed by atoms with van der Waals surface area (Å²) in [4.78, 5) is 68.2. The van der Waals surface area contributed by atoms with Crippen molar-refractivity contribution in [3.8, 4) is 0 Å². The molecule has 1 aromatic heterocycles. The Balaban J connectivity index is 1.16. The van der Waals surface area contributed by atoms with E-state index in [2.05, 4.69) is 29.1 Å². The fourth-order valence-corrected chi connectivity index (χ4v) is 9.12. The van der Waals surface area contributed by atoms with Gasteiger partial charge in [0.2, 0.25) is 5.28 Å². The lowest BCUT2D eigenvalue weighted by Gasteiger charge is -2.35. The number of fused-ring (bicyclic) bond motifs is 2. The van der Waals surface area contributed by atoms with E-state index in [0.717, 1.165) is 102 Å². The molecule has 0 bridgehead atoms. The number of carbonyl (C=O) groups is 4. The molecular formula is C45H46ClN5O4. The van der Waals surface area contributed by atoms with Crippen LogP contribution in [0.2, 0.25) is 5.28 Å². The Kier molecular flexibility index (Phi) is 10.2. The van der Waals surface area contributed by atoms with Crippen molar-refractivity contribution < 1.29 is 19.2 Å². The third-order valence-electron chi connectivity index (χ3n) is 11.7. The van der Waals surface area contributed by atoms with Crippen LogP contribution in [-0.4, -0.2) is 62.5 Å². The zero-order valence-corrected chi connectivity index (χ0v) is 32.5. The highest BCUT2D eigenvalue weighted by Crippen LogP contribution is 2.46. The van der Waals surface area contributed by atoms with E-state index in [0.29, 0.717) is 45.3 Å². The van der Waals surface area contributed by atoms with Crippen LogP contribution in [0.3, 0.4) is 0 Å².